The van der Waals surface area contributed by atoms with Gasteiger partial charge in [-0.05, 0) is 6.42 Å². The van der Waals surface area contributed by atoms with Crippen molar-refractivity contribution in [3.05, 3.63) is 0 Å². The van der Waals surface area contributed by atoms with E-state index in [4.69, 9.17) is 4.74 Å². The molecule has 5 nitrogen and oxygen atoms in total. The highest BCUT2D eigenvalue weighted by Gasteiger charge is 2.03. The van der Waals surface area contributed by atoms with Crippen LogP contribution in [-0.2, 0) is 14.3 Å². The third-order valence-electron chi connectivity index (χ3n) is 2.52. The van der Waals surface area contributed by atoms with Crippen LogP contribution in [-0.4, -0.2) is 32.3 Å². The van der Waals surface area contributed by atoms with Crippen LogP contribution in [0.2, 0.25) is 0 Å². The molecule has 5 heteroatoms. The van der Waals surface area contributed by atoms with E-state index in [-0.39, 0.29) is 19.2 Å². The highest BCUT2D eigenvalue weighted by Crippen LogP contribution is 2.07. The van der Waals surface area contributed by atoms with Crippen LogP contribution in [0.5, 0.6) is 0 Å². The van der Waals surface area contributed by atoms with E-state index in [9.17, 15) is 9.59 Å². The minimum absolute atomic E-state index is 0.0991. The van der Waals surface area contributed by atoms with E-state index >= 15 is 0 Å². The van der Waals surface area contributed by atoms with E-state index in [1.807, 2.05) is 0 Å². The molecule has 0 aliphatic rings. The number of ether oxygens (including phenoxy) is 2. The minimum atomic E-state index is -0.512. The molecule has 0 bridgehead atoms. The maximum absolute atomic E-state index is 11.3. The lowest BCUT2D eigenvalue weighted by atomic mass is 10.1. The Bertz CT molecular complexity index is 231. The van der Waals surface area contributed by atoms with Crippen LogP contribution in [0.3, 0.4) is 0 Å². The number of rotatable bonds is 10. The molecule has 0 aromatic carbocycles. The summed E-state index contributed by atoms with van der Waals surface area (Å²) in [5, 5.41) is 2.31. The predicted molar refractivity (Wildman–Crippen MR) is 69.4 cm³/mol. The summed E-state index contributed by atoms with van der Waals surface area (Å²) in [5.41, 5.74) is 0. The Hall–Kier alpha value is -1.26. The fraction of sp³-hybridized carbons (Fsp3) is 0.846. The number of nitrogens with one attached hydrogen (secondary N) is 1. The first kappa shape index (κ1) is 16.7. The fourth-order valence-electron chi connectivity index (χ4n) is 1.48. The summed E-state index contributed by atoms with van der Waals surface area (Å²) in [6.45, 7) is 2.41. The number of esters is 1. The number of alkyl carbamates (subject to hydrolysis) is 1. The summed E-state index contributed by atoms with van der Waals surface area (Å²) < 4.78 is 9.60. The molecule has 1 N–H and O–H groups in total. The Morgan fingerprint density at radius 3 is 2.22 bits per heavy atom. The number of carbonyl (C=O) groups is 2. The van der Waals surface area contributed by atoms with Gasteiger partial charge in [-0.3, -0.25) is 4.79 Å². The Balaban J connectivity index is 3.25. The summed E-state index contributed by atoms with van der Waals surface area (Å²) in [4.78, 5) is 21.9. The van der Waals surface area contributed by atoms with Gasteiger partial charge in [-0.15, -0.1) is 0 Å². The molecule has 0 fully saturated rings. The van der Waals surface area contributed by atoms with Crippen LogP contribution in [0.25, 0.3) is 0 Å². The predicted octanol–water partition coefficient (Wildman–Crippen LogP) is 2.64. The quantitative estimate of drug-likeness (QED) is 0.484. The van der Waals surface area contributed by atoms with Crippen molar-refractivity contribution in [3.8, 4) is 0 Å². The van der Waals surface area contributed by atoms with Gasteiger partial charge >= 0.3 is 12.1 Å². The average Bonchev–Trinajstić information content (AvgIpc) is 2.38. The summed E-state index contributed by atoms with van der Waals surface area (Å²) in [5.74, 6) is -0.217. The van der Waals surface area contributed by atoms with Crippen LogP contribution < -0.4 is 5.32 Å². The molecule has 0 atom stereocenters. The van der Waals surface area contributed by atoms with Crippen molar-refractivity contribution in [1.29, 1.82) is 0 Å². The summed E-state index contributed by atoms with van der Waals surface area (Å²) >= 11 is 0. The van der Waals surface area contributed by atoms with Crippen LogP contribution in [0.1, 0.15) is 51.9 Å². The normalized spacial score (nSPS) is 9.89. The SMILES string of the molecule is CCCCCCCCC(=O)OCCOC(=O)NC. The highest BCUT2D eigenvalue weighted by atomic mass is 16.6. The molecule has 0 radical (unpaired) electrons. The molecule has 106 valence electrons. The molecular weight excluding hydrogens is 234 g/mol. The van der Waals surface area contributed by atoms with Crippen molar-refractivity contribution in [2.75, 3.05) is 20.3 Å². The van der Waals surface area contributed by atoms with E-state index < -0.39 is 6.09 Å². The Labute approximate surface area is 109 Å². The van der Waals surface area contributed by atoms with E-state index in [0.717, 1.165) is 12.8 Å². The van der Waals surface area contributed by atoms with Gasteiger partial charge in [0.15, 0.2) is 0 Å². The van der Waals surface area contributed by atoms with Crippen LogP contribution >= 0.6 is 0 Å². The number of unbranched alkanes of at least 4 members (excludes halogenated alkanes) is 5. The first-order valence-electron chi connectivity index (χ1n) is 6.70. The molecule has 0 heterocycles. The standard InChI is InChI=1S/C13H25NO4/c1-3-4-5-6-7-8-9-12(15)17-10-11-18-13(16)14-2/h3-11H2,1-2H3,(H,14,16). The van der Waals surface area contributed by atoms with Crippen LogP contribution in [0, 0.1) is 0 Å². The van der Waals surface area contributed by atoms with Crippen molar-refractivity contribution in [3.63, 3.8) is 0 Å². The highest BCUT2D eigenvalue weighted by molar-refractivity contribution is 5.69. The minimum Gasteiger partial charge on any atom is -0.462 e. The molecule has 0 saturated carbocycles. The summed E-state index contributed by atoms with van der Waals surface area (Å²) in [6.07, 6.45) is 6.80. The van der Waals surface area contributed by atoms with Crippen molar-refractivity contribution in [1.82, 2.24) is 5.32 Å². The van der Waals surface area contributed by atoms with Crippen LogP contribution in [0.15, 0.2) is 0 Å². The Morgan fingerprint density at radius 1 is 0.944 bits per heavy atom. The molecule has 0 spiro atoms. The van der Waals surface area contributed by atoms with Gasteiger partial charge in [-0.1, -0.05) is 39.0 Å². The molecule has 0 saturated heterocycles. The van der Waals surface area contributed by atoms with Crippen molar-refractivity contribution in [2.24, 2.45) is 0 Å². The second-order valence-electron chi connectivity index (χ2n) is 4.12. The summed E-state index contributed by atoms with van der Waals surface area (Å²) in [7, 11) is 1.48. The average molecular weight is 259 g/mol. The van der Waals surface area contributed by atoms with E-state index in [1.165, 1.54) is 32.7 Å². The molecule has 18 heavy (non-hydrogen) atoms. The van der Waals surface area contributed by atoms with Gasteiger partial charge in [0.2, 0.25) is 0 Å². The van der Waals surface area contributed by atoms with Gasteiger partial charge < -0.3 is 14.8 Å². The number of amides is 1. The lowest BCUT2D eigenvalue weighted by Crippen LogP contribution is -2.22. The second-order valence-corrected chi connectivity index (χ2v) is 4.12. The lowest BCUT2D eigenvalue weighted by molar-refractivity contribution is -0.144. The number of hydrogen-bond acceptors (Lipinski definition) is 4. The Kier molecular flexibility index (Phi) is 11.3. The van der Waals surface area contributed by atoms with Gasteiger partial charge in [-0.2, -0.15) is 0 Å². The second kappa shape index (κ2) is 12.2. The smallest absolute Gasteiger partial charge is 0.406 e. The zero-order valence-electron chi connectivity index (χ0n) is 11.5. The lowest BCUT2D eigenvalue weighted by Gasteiger charge is -2.05. The monoisotopic (exact) mass is 259 g/mol. The molecule has 0 aliphatic carbocycles. The molecule has 0 aliphatic heterocycles. The third kappa shape index (κ3) is 11.2. The number of carbonyl (C=O) groups excluding carboxylic acids is 2. The van der Waals surface area contributed by atoms with Crippen molar-refractivity contribution in [2.45, 2.75) is 51.9 Å². The summed E-state index contributed by atoms with van der Waals surface area (Å²) in [6, 6.07) is 0. The van der Waals surface area contributed by atoms with Gasteiger partial charge in [0.1, 0.15) is 13.2 Å². The molecule has 0 aromatic heterocycles. The molecule has 0 rings (SSSR count). The molecule has 1 amide bonds. The van der Waals surface area contributed by atoms with Crippen molar-refractivity contribution >= 4 is 12.1 Å². The first-order valence-corrected chi connectivity index (χ1v) is 6.70. The number of hydrogen-bond donors (Lipinski definition) is 1. The van der Waals surface area contributed by atoms with Crippen molar-refractivity contribution < 1.29 is 19.1 Å². The largest absolute Gasteiger partial charge is 0.462 e. The molecule has 0 aromatic rings. The maximum Gasteiger partial charge on any atom is 0.406 e. The fourth-order valence-corrected chi connectivity index (χ4v) is 1.48. The maximum atomic E-state index is 11.3. The third-order valence-corrected chi connectivity index (χ3v) is 2.52. The Morgan fingerprint density at radius 2 is 1.56 bits per heavy atom. The van der Waals surface area contributed by atoms with Crippen LogP contribution in [0.4, 0.5) is 4.79 Å². The topological polar surface area (TPSA) is 64.6 Å². The molecule has 0 unspecified atom stereocenters. The molecular formula is C13H25NO4. The van der Waals surface area contributed by atoms with Gasteiger partial charge in [0.05, 0.1) is 0 Å². The van der Waals surface area contributed by atoms with E-state index in [1.54, 1.807) is 0 Å². The van der Waals surface area contributed by atoms with E-state index in [0.29, 0.717) is 6.42 Å². The van der Waals surface area contributed by atoms with Gasteiger partial charge in [0, 0.05) is 13.5 Å². The zero-order valence-corrected chi connectivity index (χ0v) is 11.5. The zero-order chi connectivity index (χ0) is 13.6. The van der Waals surface area contributed by atoms with E-state index in [2.05, 4.69) is 17.0 Å². The van der Waals surface area contributed by atoms with Gasteiger partial charge in [0.25, 0.3) is 0 Å². The first-order chi connectivity index (χ1) is 8.70. The van der Waals surface area contributed by atoms with Gasteiger partial charge in [-0.25, -0.2) is 4.79 Å².